The van der Waals surface area contributed by atoms with Crippen molar-refractivity contribution in [2.45, 2.75) is 6.92 Å². The zero-order chi connectivity index (χ0) is 13.6. The number of benzene rings is 1. The van der Waals surface area contributed by atoms with E-state index in [9.17, 15) is 4.79 Å². The number of rotatable bonds is 2. The van der Waals surface area contributed by atoms with Crippen molar-refractivity contribution < 1.29 is 4.79 Å². The molecule has 96 valence electrons. The van der Waals surface area contributed by atoms with Gasteiger partial charge in [-0.3, -0.25) is 4.79 Å². The number of thiophene rings is 1. The van der Waals surface area contributed by atoms with Crippen LogP contribution in [0.3, 0.4) is 0 Å². The molecule has 0 bridgehead atoms. The van der Waals surface area contributed by atoms with Gasteiger partial charge < -0.3 is 4.98 Å². The highest BCUT2D eigenvalue weighted by Gasteiger charge is 2.19. The summed E-state index contributed by atoms with van der Waals surface area (Å²) in [4.78, 5) is 15.8. The fourth-order valence-electron chi connectivity index (χ4n) is 2.19. The van der Waals surface area contributed by atoms with Gasteiger partial charge in [0.1, 0.15) is 0 Å². The summed E-state index contributed by atoms with van der Waals surface area (Å²) in [5.74, 6) is 0.0365. The van der Waals surface area contributed by atoms with Crippen molar-refractivity contribution in [1.29, 1.82) is 0 Å². The minimum atomic E-state index is 0.0365. The summed E-state index contributed by atoms with van der Waals surface area (Å²) in [6, 6.07) is 7.84. The third-order valence-corrected chi connectivity index (χ3v) is 5.40. The summed E-state index contributed by atoms with van der Waals surface area (Å²) in [5.41, 5.74) is 3.52. The van der Waals surface area contributed by atoms with E-state index in [1.807, 2.05) is 31.2 Å². The average molecular weight is 399 g/mol. The quantitative estimate of drug-likeness (QED) is 0.584. The maximum atomic E-state index is 12.6. The van der Waals surface area contributed by atoms with Crippen LogP contribution < -0.4 is 0 Å². The average Bonchev–Trinajstić information content (AvgIpc) is 2.93. The third-order valence-electron chi connectivity index (χ3n) is 3.06. The number of carbonyl (C=O) groups excluding carboxylic acids is 1. The molecule has 0 aliphatic heterocycles. The van der Waals surface area contributed by atoms with Crippen molar-refractivity contribution >= 4 is 59.9 Å². The Morgan fingerprint density at radius 1 is 1.26 bits per heavy atom. The zero-order valence-electron chi connectivity index (χ0n) is 9.96. The Hall–Kier alpha value is -0.910. The van der Waals surface area contributed by atoms with Crippen LogP contribution in [0.1, 0.15) is 21.5 Å². The lowest BCUT2D eigenvalue weighted by Gasteiger charge is -2.00. The standard InChI is InChI=1S/C14H9Br2NOS/c1-7-3-2-4-10-12(7)9(6-17-10)13(18)8-5-11(15)19-14(8)16/h2-6,17H,1H3. The lowest BCUT2D eigenvalue weighted by molar-refractivity contribution is 0.104. The highest BCUT2D eigenvalue weighted by atomic mass is 79.9. The van der Waals surface area contributed by atoms with E-state index in [-0.39, 0.29) is 5.78 Å². The SMILES string of the molecule is Cc1cccc2[nH]cc(C(=O)c3cc(Br)sc3Br)c12. The van der Waals surface area contributed by atoms with Crippen LogP contribution in [-0.4, -0.2) is 10.8 Å². The predicted molar refractivity (Wildman–Crippen MR) is 86.2 cm³/mol. The van der Waals surface area contributed by atoms with E-state index < -0.39 is 0 Å². The van der Waals surface area contributed by atoms with E-state index in [0.717, 1.165) is 29.6 Å². The Labute approximate surface area is 131 Å². The van der Waals surface area contributed by atoms with Gasteiger partial charge in [0, 0.05) is 28.2 Å². The van der Waals surface area contributed by atoms with Crippen LogP contribution in [0.15, 0.2) is 38.0 Å². The number of aromatic amines is 1. The van der Waals surface area contributed by atoms with Crippen molar-refractivity contribution in [3.05, 3.63) is 54.7 Å². The van der Waals surface area contributed by atoms with Crippen molar-refractivity contribution in [3.8, 4) is 0 Å². The predicted octanol–water partition coefficient (Wildman–Crippen LogP) is 5.29. The van der Waals surface area contributed by atoms with E-state index in [4.69, 9.17) is 0 Å². The first-order chi connectivity index (χ1) is 9.08. The van der Waals surface area contributed by atoms with Crippen LogP contribution in [0.25, 0.3) is 10.9 Å². The Bertz CT molecular complexity index is 788. The van der Waals surface area contributed by atoms with Crippen LogP contribution in [0.2, 0.25) is 0 Å². The molecule has 0 saturated carbocycles. The molecule has 3 aromatic rings. The molecule has 5 heteroatoms. The summed E-state index contributed by atoms with van der Waals surface area (Å²) in [5, 5.41) is 1.00. The van der Waals surface area contributed by atoms with E-state index in [1.54, 1.807) is 6.20 Å². The summed E-state index contributed by atoms with van der Waals surface area (Å²) >= 11 is 8.36. The molecule has 0 spiro atoms. The second kappa shape index (κ2) is 4.89. The van der Waals surface area contributed by atoms with Crippen LogP contribution in [0, 0.1) is 6.92 Å². The number of fused-ring (bicyclic) bond motifs is 1. The molecular formula is C14H9Br2NOS. The molecule has 0 unspecified atom stereocenters. The van der Waals surface area contributed by atoms with Crippen LogP contribution in [-0.2, 0) is 0 Å². The smallest absolute Gasteiger partial charge is 0.197 e. The number of hydrogen-bond acceptors (Lipinski definition) is 2. The second-order valence-electron chi connectivity index (χ2n) is 4.27. The van der Waals surface area contributed by atoms with Gasteiger partial charge in [0.2, 0.25) is 0 Å². The summed E-state index contributed by atoms with van der Waals surface area (Å²) in [6.45, 7) is 2.02. The number of aromatic nitrogens is 1. The molecule has 2 heterocycles. The topological polar surface area (TPSA) is 32.9 Å². The molecule has 19 heavy (non-hydrogen) atoms. The Kier molecular flexibility index (Phi) is 3.37. The van der Waals surface area contributed by atoms with Gasteiger partial charge in [-0.15, -0.1) is 11.3 Å². The van der Waals surface area contributed by atoms with Crippen LogP contribution in [0.5, 0.6) is 0 Å². The number of carbonyl (C=O) groups is 1. The van der Waals surface area contributed by atoms with Crippen LogP contribution in [0.4, 0.5) is 0 Å². The Morgan fingerprint density at radius 2 is 2.05 bits per heavy atom. The summed E-state index contributed by atoms with van der Waals surface area (Å²) in [7, 11) is 0. The first-order valence-electron chi connectivity index (χ1n) is 5.64. The van der Waals surface area contributed by atoms with E-state index in [0.29, 0.717) is 5.56 Å². The Morgan fingerprint density at radius 3 is 2.74 bits per heavy atom. The first-order valence-corrected chi connectivity index (χ1v) is 8.04. The van der Waals surface area contributed by atoms with Gasteiger partial charge in [-0.05, 0) is 56.5 Å². The number of aryl methyl sites for hydroxylation is 1. The monoisotopic (exact) mass is 397 g/mol. The van der Waals surface area contributed by atoms with Crippen molar-refractivity contribution in [2.75, 3.05) is 0 Å². The molecular weight excluding hydrogens is 390 g/mol. The zero-order valence-corrected chi connectivity index (χ0v) is 13.9. The normalized spacial score (nSPS) is 11.1. The molecule has 3 rings (SSSR count). The molecule has 0 aliphatic carbocycles. The molecule has 2 aromatic heterocycles. The minimum Gasteiger partial charge on any atom is -0.360 e. The lowest BCUT2D eigenvalue weighted by atomic mass is 10.0. The summed E-state index contributed by atoms with van der Waals surface area (Å²) in [6.07, 6.45) is 1.79. The molecule has 0 fully saturated rings. The number of ketones is 1. The van der Waals surface area contributed by atoms with Gasteiger partial charge in [-0.25, -0.2) is 0 Å². The highest BCUT2D eigenvalue weighted by molar-refractivity contribution is 9.12. The molecule has 0 amide bonds. The molecule has 0 radical (unpaired) electrons. The molecule has 2 nitrogen and oxygen atoms in total. The van der Waals surface area contributed by atoms with Crippen molar-refractivity contribution in [3.63, 3.8) is 0 Å². The fraction of sp³-hybridized carbons (Fsp3) is 0.0714. The van der Waals surface area contributed by atoms with Gasteiger partial charge in [-0.2, -0.15) is 0 Å². The van der Waals surface area contributed by atoms with Gasteiger partial charge in [0.15, 0.2) is 5.78 Å². The maximum Gasteiger partial charge on any atom is 0.197 e. The summed E-state index contributed by atoms with van der Waals surface area (Å²) < 4.78 is 1.80. The van der Waals surface area contributed by atoms with Gasteiger partial charge in [0.05, 0.1) is 7.57 Å². The van der Waals surface area contributed by atoms with E-state index in [2.05, 4.69) is 36.8 Å². The number of H-pyrrole nitrogens is 1. The maximum absolute atomic E-state index is 12.6. The molecule has 1 aromatic carbocycles. The Balaban J connectivity index is 2.20. The van der Waals surface area contributed by atoms with E-state index >= 15 is 0 Å². The lowest BCUT2D eigenvalue weighted by Crippen LogP contribution is -1.99. The molecule has 1 N–H and O–H groups in total. The molecule has 0 saturated heterocycles. The van der Waals surface area contributed by atoms with Gasteiger partial charge in [-0.1, -0.05) is 12.1 Å². The number of hydrogen-bond donors (Lipinski definition) is 1. The molecule has 0 atom stereocenters. The van der Waals surface area contributed by atoms with Gasteiger partial charge >= 0.3 is 0 Å². The third kappa shape index (κ3) is 2.20. The van der Waals surface area contributed by atoms with E-state index in [1.165, 1.54) is 11.3 Å². The minimum absolute atomic E-state index is 0.0365. The first kappa shape index (κ1) is 13.1. The van der Waals surface area contributed by atoms with Crippen molar-refractivity contribution in [2.24, 2.45) is 0 Å². The number of halogens is 2. The molecule has 0 aliphatic rings. The number of nitrogens with one attached hydrogen (secondary N) is 1. The highest BCUT2D eigenvalue weighted by Crippen LogP contribution is 2.34. The second-order valence-corrected chi connectivity index (χ2v) is 8.02. The fourth-order valence-corrected chi connectivity index (χ4v) is 4.98. The van der Waals surface area contributed by atoms with Crippen molar-refractivity contribution in [1.82, 2.24) is 4.98 Å². The van der Waals surface area contributed by atoms with Gasteiger partial charge in [0.25, 0.3) is 0 Å². The van der Waals surface area contributed by atoms with Crippen LogP contribution >= 0.6 is 43.2 Å². The largest absolute Gasteiger partial charge is 0.360 e.